The van der Waals surface area contributed by atoms with Gasteiger partial charge in [0.25, 0.3) is 5.56 Å². The molecule has 0 unspecified atom stereocenters. The maximum Gasteiger partial charge on any atom is 0.297 e. The summed E-state index contributed by atoms with van der Waals surface area (Å²) in [5.74, 6) is -0.0590. The lowest BCUT2D eigenvalue weighted by atomic mass is 10.0. The quantitative estimate of drug-likeness (QED) is 0.426. The zero-order valence-corrected chi connectivity index (χ0v) is 17.5. The predicted molar refractivity (Wildman–Crippen MR) is 117 cm³/mol. The predicted octanol–water partition coefficient (Wildman–Crippen LogP) is 2.99. The summed E-state index contributed by atoms with van der Waals surface area (Å²) in [6, 6.07) is 14.2. The van der Waals surface area contributed by atoms with Gasteiger partial charge in [-0.15, -0.1) is 0 Å². The van der Waals surface area contributed by atoms with Crippen molar-refractivity contribution in [1.29, 1.82) is 0 Å². The van der Waals surface area contributed by atoms with Crippen LogP contribution in [0.2, 0.25) is 0 Å². The van der Waals surface area contributed by atoms with Crippen LogP contribution in [0, 0.1) is 0 Å². The van der Waals surface area contributed by atoms with E-state index >= 15 is 0 Å². The molecule has 2 aromatic carbocycles. The van der Waals surface area contributed by atoms with Crippen LogP contribution in [0.3, 0.4) is 0 Å². The Hall–Kier alpha value is -3.94. The second kappa shape index (κ2) is 8.43. The van der Waals surface area contributed by atoms with Gasteiger partial charge in [-0.25, -0.2) is 4.98 Å². The first kappa shape index (κ1) is 20.3. The molecule has 0 aliphatic heterocycles. The van der Waals surface area contributed by atoms with Crippen LogP contribution in [-0.4, -0.2) is 34.6 Å². The number of aromatic nitrogens is 3. The van der Waals surface area contributed by atoms with E-state index < -0.39 is 5.56 Å². The molecule has 0 saturated carbocycles. The molecule has 4 aromatic rings. The van der Waals surface area contributed by atoms with Gasteiger partial charge in [0.15, 0.2) is 11.5 Å². The van der Waals surface area contributed by atoms with Gasteiger partial charge in [-0.1, -0.05) is 47.6 Å². The van der Waals surface area contributed by atoms with E-state index in [1.807, 2.05) is 36.2 Å². The fourth-order valence-corrected chi connectivity index (χ4v) is 3.62. The minimum Gasteiger partial charge on any atom is -0.489 e. The van der Waals surface area contributed by atoms with Gasteiger partial charge in [0.1, 0.15) is 6.26 Å². The number of hydrogen-bond donors (Lipinski definition) is 0. The number of hydrogen-bond acceptors (Lipinski definition) is 7. The van der Waals surface area contributed by atoms with E-state index in [0.717, 1.165) is 16.3 Å². The van der Waals surface area contributed by atoms with Gasteiger partial charge >= 0.3 is 0 Å². The highest BCUT2D eigenvalue weighted by atomic mass is 16.5. The Bertz CT molecular complexity index is 1290. The van der Waals surface area contributed by atoms with Gasteiger partial charge < -0.3 is 14.2 Å². The summed E-state index contributed by atoms with van der Waals surface area (Å²) in [6.07, 6.45) is 2.85. The number of anilines is 1. The maximum absolute atomic E-state index is 12.9. The topological polar surface area (TPSA) is 90.5 Å². The lowest BCUT2D eigenvalue weighted by Crippen LogP contribution is -2.31. The molecule has 0 aliphatic rings. The average Bonchev–Trinajstić information content (AvgIpc) is 3.28. The third-order valence-corrected chi connectivity index (χ3v) is 5.17. The Morgan fingerprint density at radius 1 is 1.19 bits per heavy atom. The Balaban J connectivity index is 1.72. The molecule has 8 nitrogen and oxygen atoms in total. The zero-order chi connectivity index (χ0) is 22.0. The van der Waals surface area contributed by atoms with Crippen molar-refractivity contribution in [2.45, 2.75) is 13.0 Å². The third kappa shape index (κ3) is 3.92. The summed E-state index contributed by atoms with van der Waals surface area (Å²) >= 11 is 0. The smallest absolute Gasteiger partial charge is 0.297 e. The number of ketones is 1. The summed E-state index contributed by atoms with van der Waals surface area (Å²) in [6.45, 7) is 0.507. The summed E-state index contributed by atoms with van der Waals surface area (Å²) in [7, 11) is 4.80. The van der Waals surface area contributed by atoms with Crippen molar-refractivity contribution < 1.29 is 14.1 Å². The van der Waals surface area contributed by atoms with E-state index in [4.69, 9.17) is 9.26 Å². The number of methoxy groups -OCH3 is 1. The lowest BCUT2D eigenvalue weighted by Gasteiger charge is -2.22. The highest BCUT2D eigenvalue weighted by molar-refractivity contribution is 5.98. The summed E-state index contributed by atoms with van der Waals surface area (Å²) in [5, 5.41) is 5.87. The van der Waals surface area contributed by atoms with Crippen molar-refractivity contribution in [3.63, 3.8) is 0 Å². The molecule has 0 atom stereocenters. The number of nitrogens with zero attached hydrogens (tertiary/aromatic N) is 4. The number of carbonyl (C=O) groups is 1. The SMILES string of the molecule is COc1c(C(=O)Cc2cnoc2)nc(N(C)Cc2cccc3ccccc23)n(C)c1=O. The summed E-state index contributed by atoms with van der Waals surface area (Å²) < 4.78 is 11.4. The molecule has 31 heavy (non-hydrogen) atoms. The molecule has 0 radical (unpaired) electrons. The van der Waals surface area contributed by atoms with Gasteiger partial charge in [-0.05, 0) is 16.3 Å². The molecule has 2 heterocycles. The molecule has 0 spiro atoms. The number of carbonyl (C=O) groups excluding carboxylic acids is 1. The van der Waals surface area contributed by atoms with Crippen LogP contribution in [-0.2, 0) is 20.0 Å². The van der Waals surface area contributed by atoms with E-state index in [9.17, 15) is 9.59 Å². The standard InChI is InChI=1S/C23H22N4O4/c1-26(13-17-9-6-8-16-7-4-5-10-18(16)17)23-25-20(21(30-3)22(29)27(23)2)19(28)11-15-12-24-31-14-15/h4-10,12,14H,11,13H2,1-3H3. The Morgan fingerprint density at radius 2 is 1.97 bits per heavy atom. The fourth-order valence-electron chi connectivity index (χ4n) is 3.62. The first-order valence-electron chi connectivity index (χ1n) is 9.74. The van der Waals surface area contributed by atoms with Crippen LogP contribution in [0.15, 0.2) is 64.2 Å². The molecule has 2 aromatic heterocycles. The number of Topliss-reactive ketones (excluding diaryl/α,β-unsaturated/α-hetero) is 1. The molecular weight excluding hydrogens is 396 g/mol. The molecule has 158 valence electrons. The van der Waals surface area contributed by atoms with E-state index in [0.29, 0.717) is 18.1 Å². The van der Waals surface area contributed by atoms with E-state index in [1.165, 1.54) is 24.1 Å². The molecule has 0 saturated heterocycles. The number of ether oxygens (including phenoxy) is 1. The van der Waals surface area contributed by atoms with Gasteiger partial charge in [0.05, 0.1) is 13.3 Å². The van der Waals surface area contributed by atoms with Crippen LogP contribution < -0.4 is 15.2 Å². The van der Waals surface area contributed by atoms with Gasteiger partial charge in [-0.2, -0.15) is 0 Å². The molecule has 0 bridgehead atoms. The minimum absolute atomic E-state index is 0.00645. The zero-order valence-electron chi connectivity index (χ0n) is 17.5. The number of benzene rings is 2. The monoisotopic (exact) mass is 418 g/mol. The van der Waals surface area contributed by atoms with Crippen molar-refractivity contribution in [3.05, 3.63) is 82.1 Å². The summed E-state index contributed by atoms with van der Waals surface area (Å²) in [4.78, 5) is 32.2. The Kier molecular flexibility index (Phi) is 5.53. The second-order valence-corrected chi connectivity index (χ2v) is 7.28. The van der Waals surface area contributed by atoms with Crippen molar-refractivity contribution >= 4 is 22.5 Å². The first-order valence-corrected chi connectivity index (χ1v) is 9.74. The highest BCUT2D eigenvalue weighted by Gasteiger charge is 2.23. The normalized spacial score (nSPS) is 10.9. The second-order valence-electron chi connectivity index (χ2n) is 7.28. The number of rotatable bonds is 7. The highest BCUT2D eigenvalue weighted by Crippen LogP contribution is 2.23. The van der Waals surface area contributed by atoms with E-state index in [1.54, 1.807) is 7.05 Å². The largest absolute Gasteiger partial charge is 0.489 e. The minimum atomic E-state index is -0.425. The lowest BCUT2D eigenvalue weighted by molar-refractivity contribution is 0.0984. The van der Waals surface area contributed by atoms with E-state index in [-0.39, 0.29) is 23.6 Å². The van der Waals surface area contributed by atoms with Gasteiger partial charge in [0, 0.05) is 32.6 Å². The van der Waals surface area contributed by atoms with Crippen LogP contribution in [0.1, 0.15) is 21.6 Å². The Labute approximate surface area is 178 Å². The van der Waals surface area contributed by atoms with Crippen molar-refractivity contribution in [3.8, 4) is 5.75 Å². The van der Waals surface area contributed by atoms with Crippen LogP contribution in [0.4, 0.5) is 5.95 Å². The fraction of sp³-hybridized carbons (Fsp3) is 0.217. The molecule has 8 heteroatoms. The van der Waals surface area contributed by atoms with Crippen LogP contribution in [0.25, 0.3) is 10.8 Å². The molecule has 4 rings (SSSR count). The van der Waals surface area contributed by atoms with Gasteiger partial charge in [-0.3, -0.25) is 14.2 Å². The van der Waals surface area contributed by atoms with Crippen molar-refractivity contribution in [2.75, 3.05) is 19.1 Å². The summed E-state index contributed by atoms with van der Waals surface area (Å²) in [5.41, 5.74) is 1.25. The third-order valence-electron chi connectivity index (χ3n) is 5.17. The molecule has 0 amide bonds. The first-order chi connectivity index (χ1) is 15.0. The van der Waals surface area contributed by atoms with Crippen LogP contribution in [0.5, 0.6) is 5.75 Å². The van der Waals surface area contributed by atoms with Crippen LogP contribution >= 0.6 is 0 Å². The van der Waals surface area contributed by atoms with Gasteiger partial charge in [0.2, 0.25) is 11.7 Å². The average molecular weight is 418 g/mol. The molecule has 0 fully saturated rings. The Morgan fingerprint density at radius 3 is 2.71 bits per heavy atom. The molecule has 0 N–H and O–H groups in total. The van der Waals surface area contributed by atoms with Crippen molar-refractivity contribution in [1.82, 2.24) is 14.7 Å². The molecular formula is C23H22N4O4. The van der Waals surface area contributed by atoms with Crippen molar-refractivity contribution in [2.24, 2.45) is 7.05 Å². The van der Waals surface area contributed by atoms with E-state index in [2.05, 4.69) is 28.3 Å². The molecule has 0 aliphatic carbocycles. The number of fused-ring (bicyclic) bond motifs is 1. The maximum atomic E-state index is 12.9.